The zero-order valence-corrected chi connectivity index (χ0v) is 17.1. The van der Waals surface area contributed by atoms with E-state index in [2.05, 4.69) is 33.5 Å². The monoisotopic (exact) mass is 397 g/mol. The second-order valence-electron chi connectivity index (χ2n) is 7.51. The molecule has 0 saturated carbocycles. The van der Waals surface area contributed by atoms with Gasteiger partial charge in [0.25, 0.3) is 0 Å². The normalized spacial score (nSPS) is 14.3. The fraction of sp³-hybridized carbons (Fsp3) is 0.409. The van der Waals surface area contributed by atoms with Crippen molar-refractivity contribution >= 4 is 21.1 Å². The van der Waals surface area contributed by atoms with Crippen LogP contribution in [0.5, 0.6) is 0 Å². The van der Waals surface area contributed by atoms with Crippen LogP contribution in [0.4, 0.5) is 0 Å². The Bertz CT molecular complexity index is 1090. The molecule has 1 aromatic carbocycles. The number of nitrogens with zero attached hydrogens (tertiary/aromatic N) is 2. The van der Waals surface area contributed by atoms with E-state index >= 15 is 0 Å². The fourth-order valence-corrected chi connectivity index (χ4v) is 5.17. The average molecular weight is 398 g/mol. The van der Waals surface area contributed by atoms with Crippen molar-refractivity contribution in [1.29, 1.82) is 0 Å². The summed E-state index contributed by atoms with van der Waals surface area (Å²) in [5.41, 5.74) is 4.57. The first kappa shape index (κ1) is 19.2. The highest BCUT2D eigenvalue weighted by molar-refractivity contribution is 7.89. The molecule has 0 fully saturated rings. The third kappa shape index (κ3) is 3.84. The van der Waals surface area contributed by atoms with Crippen LogP contribution >= 0.6 is 0 Å². The summed E-state index contributed by atoms with van der Waals surface area (Å²) in [6, 6.07) is 9.56. The number of hydrogen-bond donors (Lipinski definition) is 1. The zero-order chi connectivity index (χ0) is 19.6. The summed E-state index contributed by atoms with van der Waals surface area (Å²) < 4.78 is 30.4. The molecule has 1 aliphatic rings. The van der Waals surface area contributed by atoms with Crippen molar-refractivity contribution in [1.82, 2.24) is 14.3 Å². The second kappa shape index (κ2) is 8.05. The number of aryl methyl sites for hydroxylation is 3. The minimum atomic E-state index is -3.49. The molecule has 0 saturated heterocycles. The van der Waals surface area contributed by atoms with Crippen LogP contribution in [0.25, 0.3) is 11.0 Å². The van der Waals surface area contributed by atoms with Crippen LogP contribution in [0, 0.1) is 0 Å². The van der Waals surface area contributed by atoms with Crippen molar-refractivity contribution < 1.29 is 8.42 Å². The molecule has 4 rings (SSSR count). The van der Waals surface area contributed by atoms with Gasteiger partial charge in [0.2, 0.25) is 10.0 Å². The molecule has 28 heavy (non-hydrogen) atoms. The Morgan fingerprint density at radius 1 is 1.14 bits per heavy atom. The molecule has 0 radical (unpaired) electrons. The molecule has 6 heteroatoms. The number of fused-ring (bicyclic) bond motifs is 2. The highest BCUT2D eigenvalue weighted by atomic mass is 32.2. The maximum Gasteiger partial charge on any atom is 0.240 e. The van der Waals surface area contributed by atoms with E-state index in [1.54, 1.807) is 12.3 Å². The van der Waals surface area contributed by atoms with E-state index in [1.807, 2.05) is 18.2 Å². The molecule has 0 amide bonds. The van der Waals surface area contributed by atoms with Gasteiger partial charge in [0, 0.05) is 30.9 Å². The standard InChI is InChI=1S/C22H27N3O2S/c1-2-14-25-16-19(21-8-5-12-23-22(21)25)11-13-24-28(26,27)20-10-9-17-6-3-4-7-18(17)15-20/h5,8-10,12,15-16,24H,2-4,6-7,11,13-14H2,1H3. The second-order valence-corrected chi connectivity index (χ2v) is 9.27. The van der Waals surface area contributed by atoms with E-state index in [0.29, 0.717) is 17.9 Å². The van der Waals surface area contributed by atoms with Crippen LogP contribution < -0.4 is 4.72 Å². The third-order valence-electron chi connectivity index (χ3n) is 5.50. The molecule has 148 valence electrons. The van der Waals surface area contributed by atoms with Gasteiger partial charge in [-0.05, 0) is 79.5 Å². The lowest BCUT2D eigenvalue weighted by molar-refractivity contribution is 0.581. The lowest BCUT2D eigenvalue weighted by Gasteiger charge is -2.16. The van der Waals surface area contributed by atoms with Gasteiger partial charge in [-0.1, -0.05) is 13.0 Å². The predicted octanol–water partition coefficient (Wildman–Crippen LogP) is 3.85. The van der Waals surface area contributed by atoms with Gasteiger partial charge in [0.1, 0.15) is 5.65 Å². The Morgan fingerprint density at radius 3 is 2.79 bits per heavy atom. The maximum atomic E-state index is 12.8. The predicted molar refractivity (Wildman–Crippen MR) is 112 cm³/mol. The summed E-state index contributed by atoms with van der Waals surface area (Å²) in [5.74, 6) is 0. The molecule has 0 unspecified atom stereocenters. The van der Waals surface area contributed by atoms with Gasteiger partial charge < -0.3 is 4.57 Å². The van der Waals surface area contributed by atoms with Gasteiger partial charge in [-0.2, -0.15) is 0 Å². The van der Waals surface area contributed by atoms with E-state index in [-0.39, 0.29) is 0 Å². The molecule has 0 atom stereocenters. The zero-order valence-electron chi connectivity index (χ0n) is 16.3. The average Bonchev–Trinajstić information content (AvgIpc) is 3.06. The quantitative estimate of drug-likeness (QED) is 0.659. The summed E-state index contributed by atoms with van der Waals surface area (Å²) in [5, 5.41) is 1.10. The first-order valence-electron chi connectivity index (χ1n) is 10.1. The number of aromatic nitrogens is 2. The lowest BCUT2D eigenvalue weighted by Crippen LogP contribution is -2.26. The van der Waals surface area contributed by atoms with Crippen LogP contribution in [-0.2, 0) is 35.8 Å². The van der Waals surface area contributed by atoms with Gasteiger partial charge in [-0.15, -0.1) is 0 Å². The summed E-state index contributed by atoms with van der Waals surface area (Å²) in [7, 11) is -3.49. The number of nitrogens with one attached hydrogen (secondary N) is 1. The van der Waals surface area contributed by atoms with Crippen molar-refractivity contribution in [3.8, 4) is 0 Å². The maximum absolute atomic E-state index is 12.8. The van der Waals surface area contributed by atoms with E-state index in [1.165, 1.54) is 17.5 Å². The Labute approximate surface area is 166 Å². The first-order chi connectivity index (χ1) is 13.6. The number of sulfonamides is 1. The molecule has 3 aromatic rings. The van der Waals surface area contributed by atoms with Crippen LogP contribution in [0.15, 0.2) is 47.6 Å². The molecule has 5 nitrogen and oxygen atoms in total. The number of rotatable bonds is 7. The topological polar surface area (TPSA) is 64.0 Å². The molecule has 2 heterocycles. The molecular formula is C22H27N3O2S. The van der Waals surface area contributed by atoms with Crippen LogP contribution in [0.2, 0.25) is 0 Å². The highest BCUT2D eigenvalue weighted by Gasteiger charge is 2.18. The fourth-order valence-electron chi connectivity index (χ4n) is 4.09. The highest BCUT2D eigenvalue weighted by Crippen LogP contribution is 2.24. The smallest absolute Gasteiger partial charge is 0.240 e. The van der Waals surface area contributed by atoms with Crippen molar-refractivity contribution in [2.24, 2.45) is 0 Å². The molecule has 0 aliphatic heterocycles. The Morgan fingerprint density at radius 2 is 1.96 bits per heavy atom. The van der Waals surface area contributed by atoms with Gasteiger partial charge >= 0.3 is 0 Å². The Kier molecular flexibility index (Phi) is 5.51. The summed E-state index contributed by atoms with van der Waals surface area (Å²) in [4.78, 5) is 4.87. The van der Waals surface area contributed by atoms with Crippen LogP contribution in [0.1, 0.15) is 42.9 Å². The van der Waals surface area contributed by atoms with E-state index in [4.69, 9.17) is 0 Å². The molecule has 0 spiro atoms. The summed E-state index contributed by atoms with van der Waals surface area (Å²) in [6.45, 7) is 3.43. The van der Waals surface area contributed by atoms with Crippen LogP contribution in [0.3, 0.4) is 0 Å². The third-order valence-corrected chi connectivity index (χ3v) is 6.96. The minimum Gasteiger partial charge on any atom is -0.332 e. The molecule has 1 aliphatic carbocycles. The van der Waals surface area contributed by atoms with Crippen molar-refractivity contribution in [3.05, 3.63) is 59.4 Å². The number of hydrogen-bond acceptors (Lipinski definition) is 3. The van der Waals surface area contributed by atoms with E-state index in [0.717, 1.165) is 48.8 Å². The summed E-state index contributed by atoms with van der Waals surface area (Å²) in [6.07, 6.45) is 9.94. The molecule has 2 aromatic heterocycles. The summed E-state index contributed by atoms with van der Waals surface area (Å²) >= 11 is 0. The van der Waals surface area contributed by atoms with Crippen molar-refractivity contribution in [2.75, 3.05) is 6.54 Å². The molecule has 1 N–H and O–H groups in total. The van der Waals surface area contributed by atoms with Gasteiger partial charge in [0.05, 0.1) is 4.90 Å². The molecular weight excluding hydrogens is 370 g/mol. The van der Waals surface area contributed by atoms with Gasteiger partial charge in [-0.25, -0.2) is 18.1 Å². The number of pyridine rings is 1. The van der Waals surface area contributed by atoms with Crippen LogP contribution in [-0.4, -0.2) is 24.5 Å². The van der Waals surface area contributed by atoms with Gasteiger partial charge in [0.15, 0.2) is 0 Å². The Hall–Kier alpha value is -2.18. The van der Waals surface area contributed by atoms with E-state index < -0.39 is 10.0 Å². The van der Waals surface area contributed by atoms with Gasteiger partial charge in [-0.3, -0.25) is 0 Å². The van der Waals surface area contributed by atoms with Crippen molar-refractivity contribution in [2.45, 2.75) is 56.9 Å². The minimum absolute atomic E-state index is 0.375. The lowest BCUT2D eigenvalue weighted by atomic mass is 9.92. The largest absolute Gasteiger partial charge is 0.332 e. The van der Waals surface area contributed by atoms with Crippen molar-refractivity contribution in [3.63, 3.8) is 0 Å². The number of benzene rings is 1. The molecule has 0 bridgehead atoms. The van der Waals surface area contributed by atoms with E-state index in [9.17, 15) is 8.42 Å². The first-order valence-corrected chi connectivity index (χ1v) is 11.6. The Balaban J connectivity index is 1.48. The SMILES string of the molecule is CCCn1cc(CCNS(=O)(=O)c2ccc3c(c2)CCCC3)c2cccnc21.